The Morgan fingerprint density at radius 3 is 2.46 bits per heavy atom. The Morgan fingerprint density at radius 2 is 1.85 bits per heavy atom. The molecule has 2 aromatic rings. The lowest BCUT2D eigenvalue weighted by Gasteiger charge is -2.11. The van der Waals surface area contributed by atoms with Crippen molar-refractivity contribution in [1.29, 1.82) is 0 Å². The summed E-state index contributed by atoms with van der Waals surface area (Å²) in [6.07, 6.45) is 0.690. The van der Waals surface area contributed by atoms with E-state index in [2.05, 4.69) is 15.6 Å². The number of hydrogen-bond donors (Lipinski definition) is 3. The van der Waals surface area contributed by atoms with Crippen LogP contribution in [-0.2, 0) is 23.0 Å². The van der Waals surface area contributed by atoms with E-state index in [1.807, 2.05) is 13.0 Å². The number of guanidine groups is 1. The summed E-state index contributed by atoms with van der Waals surface area (Å²) < 4.78 is 35.7. The van der Waals surface area contributed by atoms with Crippen molar-refractivity contribution < 1.29 is 12.8 Å². The minimum atomic E-state index is -3.67. The summed E-state index contributed by atoms with van der Waals surface area (Å²) in [7, 11) is -3.67. The Kier molecular flexibility index (Phi) is 7.11. The number of rotatable bonds is 7. The van der Waals surface area contributed by atoms with Crippen molar-refractivity contribution in [3.8, 4) is 0 Å². The van der Waals surface area contributed by atoms with E-state index in [0.717, 1.165) is 11.1 Å². The molecule has 0 heterocycles. The summed E-state index contributed by atoms with van der Waals surface area (Å²) in [5, 5.41) is 11.4. The standard InChI is InChI=1S/C18H23FN4O2S/c1-2-21-18(23-13-15-4-3-5-16(19)12-15)22-11-10-14-6-8-17(9-7-14)26(20,24)25/h3-9,12H,2,10-11,13H2,1H3,(H2,20,24,25)(H2,21,22,23). The molecule has 26 heavy (non-hydrogen) atoms. The summed E-state index contributed by atoms with van der Waals surface area (Å²) in [6, 6.07) is 12.8. The first kappa shape index (κ1) is 19.9. The molecule has 4 N–H and O–H groups in total. The largest absolute Gasteiger partial charge is 0.357 e. The number of aliphatic imine (C=N–C) groups is 1. The second kappa shape index (κ2) is 9.30. The van der Waals surface area contributed by atoms with Gasteiger partial charge in [-0.2, -0.15) is 0 Å². The van der Waals surface area contributed by atoms with Gasteiger partial charge in [0.25, 0.3) is 0 Å². The first-order valence-corrected chi connectivity index (χ1v) is 9.81. The third-order valence-corrected chi connectivity index (χ3v) is 4.54. The molecule has 0 fully saturated rings. The van der Waals surface area contributed by atoms with Crippen LogP contribution in [0.1, 0.15) is 18.1 Å². The lowest BCUT2D eigenvalue weighted by molar-refractivity contribution is 0.597. The first-order valence-electron chi connectivity index (χ1n) is 8.27. The number of benzene rings is 2. The molecule has 6 nitrogen and oxygen atoms in total. The predicted octanol–water partition coefficient (Wildman–Crippen LogP) is 1.77. The molecule has 0 radical (unpaired) electrons. The fourth-order valence-corrected chi connectivity index (χ4v) is 2.83. The van der Waals surface area contributed by atoms with Gasteiger partial charge in [-0.3, -0.25) is 0 Å². The van der Waals surface area contributed by atoms with Crippen LogP contribution < -0.4 is 15.8 Å². The molecule has 140 valence electrons. The van der Waals surface area contributed by atoms with Crippen molar-refractivity contribution in [2.24, 2.45) is 10.1 Å². The molecular weight excluding hydrogens is 355 g/mol. The number of nitrogens with one attached hydrogen (secondary N) is 2. The number of nitrogens with zero attached hydrogens (tertiary/aromatic N) is 1. The summed E-state index contributed by atoms with van der Waals surface area (Å²) in [6.45, 7) is 3.66. The Bertz CT molecular complexity index is 852. The SMILES string of the molecule is CCNC(=NCc1cccc(F)c1)NCCc1ccc(S(N)(=O)=O)cc1. The molecule has 0 aromatic heterocycles. The molecule has 0 unspecified atom stereocenters. The minimum absolute atomic E-state index is 0.0965. The maximum absolute atomic E-state index is 13.2. The minimum Gasteiger partial charge on any atom is -0.357 e. The highest BCUT2D eigenvalue weighted by atomic mass is 32.2. The molecule has 2 rings (SSSR count). The van der Waals surface area contributed by atoms with Crippen LogP contribution in [0.15, 0.2) is 58.4 Å². The highest BCUT2D eigenvalue weighted by Crippen LogP contribution is 2.09. The molecule has 0 bridgehead atoms. The van der Waals surface area contributed by atoms with Crippen molar-refractivity contribution >= 4 is 16.0 Å². The van der Waals surface area contributed by atoms with Crippen LogP contribution in [0.2, 0.25) is 0 Å². The summed E-state index contributed by atoms with van der Waals surface area (Å²) in [5.74, 6) is 0.358. The van der Waals surface area contributed by atoms with Gasteiger partial charge in [-0.15, -0.1) is 0 Å². The van der Waals surface area contributed by atoms with E-state index >= 15 is 0 Å². The van der Waals surface area contributed by atoms with Crippen LogP contribution in [0.4, 0.5) is 4.39 Å². The predicted molar refractivity (Wildman–Crippen MR) is 101 cm³/mol. The van der Waals surface area contributed by atoms with Crippen LogP contribution in [0.5, 0.6) is 0 Å². The van der Waals surface area contributed by atoms with Crippen LogP contribution in [0, 0.1) is 5.82 Å². The van der Waals surface area contributed by atoms with Gasteiger partial charge in [-0.1, -0.05) is 24.3 Å². The Labute approximate surface area is 153 Å². The molecule has 0 spiro atoms. The topological polar surface area (TPSA) is 96.6 Å². The summed E-state index contributed by atoms with van der Waals surface area (Å²) in [5.41, 5.74) is 1.77. The van der Waals surface area contributed by atoms with Crippen molar-refractivity contribution in [3.05, 3.63) is 65.5 Å². The van der Waals surface area contributed by atoms with Crippen molar-refractivity contribution in [2.45, 2.75) is 24.8 Å². The maximum Gasteiger partial charge on any atom is 0.238 e. The molecule has 0 saturated carbocycles. The normalized spacial score (nSPS) is 12.0. The maximum atomic E-state index is 13.2. The molecule has 8 heteroatoms. The number of primary sulfonamides is 1. The third-order valence-electron chi connectivity index (χ3n) is 3.61. The van der Waals surface area contributed by atoms with Crippen molar-refractivity contribution in [1.82, 2.24) is 10.6 Å². The molecule has 2 aromatic carbocycles. The van der Waals surface area contributed by atoms with Crippen molar-refractivity contribution in [2.75, 3.05) is 13.1 Å². The molecule has 0 saturated heterocycles. The van der Waals surface area contributed by atoms with Gasteiger partial charge in [-0.25, -0.2) is 22.9 Å². The van der Waals surface area contributed by atoms with E-state index < -0.39 is 10.0 Å². The first-order chi connectivity index (χ1) is 12.4. The Morgan fingerprint density at radius 1 is 1.12 bits per heavy atom. The van der Waals surface area contributed by atoms with Crippen molar-refractivity contribution in [3.63, 3.8) is 0 Å². The molecule has 0 aliphatic heterocycles. The Hall–Kier alpha value is -2.45. The highest BCUT2D eigenvalue weighted by Gasteiger charge is 2.06. The third kappa shape index (κ3) is 6.45. The van der Waals surface area contributed by atoms with Gasteiger partial charge in [0, 0.05) is 13.1 Å². The lowest BCUT2D eigenvalue weighted by Crippen LogP contribution is -2.38. The van der Waals surface area contributed by atoms with E-state index in [4.69, 9.17) is 5.14 Å². The van der Waals surface area contributed by atoms with Gasteiger partial charge in [0.1, 0.15) is 5.82 Å². The highest BCUT2D eigenvalue weighted by molar-refractivity contribution is 7.89. The van der Waals surface area contributed by atoms with Crippen LogP contribution in [0.3, 0.4) is 0 Å². The summed E-state index contributed by atoms with van der Waals surface area (Å²) in [4.78, 5) is 4.53. The van der Waals surface area contributed by atoms with Crippen LogP contribution >= 0.6 is 0 Å². The summed E-state index contributed by atoms with van der Waals surface area (Å²) >= 11 is 0. The average Bonchev–Trinajstić information content (AvgIpc) is 2.59. The second-order valence-corrected chi connectivity index (χ2v) is 7.25. The van der Waals surface area contributed by atoms with Gasteiger partial charge < -0.3 is 10.6 Å². The van der Waals surface area contributed by atoms with Gasteiger partial charge in [0.05, 0.1) is 11.4 Å². The van der Waals surface area contributed by atoms with E-state index in [1.54, 1.807) is 18.2 Å². The molecule has 0 aliphatic carbocycles. The van der Waals surface area contributed by atoms with Gasteiger partial charge in [0.2, 0.25) is 10.0 Å². The number of nitrogens with two attached hydrogens (primary N) is 1. The van der Waals surface area contributed by atoms with Crippen LogP contribution in [-0.4, -0.2) is 27.5 Å². The molecule has 0 atom stereocenters. The van der Waals surface area contributed by atoms with E-state index in [9.17, 15) is 12.8 Å². The quantitative estimate of drug-likeness (QED) is 0.505. The Balaban J connectivity index is 1.90. The second-order valence-electron chi connectivity index (χ2n) is 5.69. The van der Waals surface area contributed by atoms with Gasteiger partial charge in [-0.05, 0) is 48.7 Å². The van der Waals surface area contributed by atoms with E-state index in [1.165, 1.54) is 24.3 Å². The van der Waals surface area contributed by atoms with Crippen LogP contribution in [0.25, 0.3) is 0 Å². The molecular formula is C18H23FN4O2S. The van der Waals surface area contributed by atoms with Gasteiger partial charge in [0.15, 0.2) is 5.96 Å². The number of sulfonamides is 1. The zero-order valence-corrected chi connectivity index (χ0v) is 15.4. The number of hydrogen-bond acceptors (Lipinski definition) is 3. The van der Waals surface area contributed by atoms with E-state index in [0.29, 0.717) is 32.0 Å². The average molecular weight is 378 g/mol. The molecule has 0 aliphatic rings. The fourth-order valence-electron chi connectivity index (χ4n) is 2.32. The smallest absolute Gasteiger partial charge is 0.238 e. The zero-order chi connectivity index (χ0) is 19.0. The molecule has 0 amide bonds. The lowest BCUT2D eigenvalue weighted by atomic mass is 10.1. The van der Waals surface area contributed by atoms with E-state index in [-0.39, 0.29) is 10.7 Å². The van der Waals surface area contributed by atoms with Gasteiger partial charge >= 0.3 is 0 Å². The zero-order valence-electron chi connectivity index (χ0n) is 14.6. The number of halogens is 1. The fraction of sp³-hybridized carbons (Fsp3) is 0.278. The monoisotopic (exact) mass is 378 g/mol.